The minimum Gasteiger partial charge on any atom is -0.545 e. The molecule has 1 amide bonds. The number of carboxylic acid groups (broad SMARTS) is 1. The molecule has 0 aliphatic carbocycles. The molecule has 0 aliphatic rings. The van der Waals surface area contributed by atoms with Crippen LogP contribution in [0.5, 0.6) is 0 Å². The van der Waals surface area contributed by atoms with E-state index >= 15 is 0 Å². The molecule has 2 aromatic carbocycles. The summed E-state index contributed by atoms with van der Waals surface area (Å²) in [7, 11) is 1.27. The number of aryl methyl sites for hydroxylation is 1. The highest BCUT2D eigenvalue weighted by atomic mass is 16.5. The summed E-state index contributed by atoms with van der Waals surface area (Å²) in [5, 5.41) is 24.2. The van der Waals surface area contributed by atoms with Crippen LogP contribution in [0.4, 0.5) is 11.4 Å². The van der Waals surface area contributed by atoms with Crippen molar-refractivity contribution in [1.29, 1.82) is 0 Å². The lowest BCUT2D eigenvalue weighted by Crippen LogP contribution is -2.22. The van der Waals surface area contributed by atoms with Crippen LogP contribution in [-0.2, 0) is 11.3 Å². The predicted molar refractivity (Wildman–Crippen MR) is 126 cm³/mol. The molecule has 0 spiro atoms. The van der Waals surface area contributed by atoms with E-state index in [1.807, 2.05) is 0 Å². The normalized spacial score (nSPS) is 11.4. The molecule has 0 saturated heterocycles. The number of hydrogen-bond donors (Lipinski definition) is 2. The molecule has 10 heteroatoms. The van der Waals surface area contributed by atoms with Crippen LogP contribution in [0.1, 0.15) is 42.3 Å². The molecule has 182 valence electrons. The first kappa shape index (κ1) is 24.3. The average molecular weight is 486 g/mol. The van der Waals surface area contributed by atoms with Gasteiger partial charge in [-0.15, -0.1) is 0 Å². The van der Waals surface area contributed by atoms with Crippen LogP contribution in [-0.4, -0.2) is 35.0 Å². The Balaban J connectivity index is 1.85. The van der Waals surface area contributed by atoms with Gasteiger partial charge in [-0.2, -0.15) is 0 Å². The number of fused-ring (bicyclic) bond motifs is 1. The number of pyridine rings is 1. The number of aliphatic hydroxyl groups excluding tert-OH is 1. The fourth-order valence-corrected chi connectivity index (χ4v) is 3.49. The van der Waals surface area contributed by atoms with E-state index < -0.39 is 17.8 Å². The number of esters is 1. The molecule has 2 heterocycles. The van der Waals surface area contributed by atoms with Crippen molar-refractivity contribution in [3.8, 4) is 0 Å². The van der Waals surface area contributed by atoms with Gasteiger partial charge in [0.2, 0.25) is 5.55 Å². The minimum atomic E-state index is -1.37. The fraction of sp³-hybridized carbons (Fsp3) is 0.115. The number of anilines is 1. The number of carbonyl (C=O) groups excluding carboxylic acids is 3. The van der Waals surface area contributed by atoms with Crippen LogP contribution < -0.4 is 16.0 Å². The van der Waals surface area contributed by atoms with Gasteiger partial charge >= 0.3 is 5.97 Å². The lowest BCUT2D eigenvalue weighted by Gasteiger charge is -2.10. The Morgan fingerprint density at radius 2 is 1.86 bits per heavy atom. The number of nitrogens with zero attached hydrogens (tertiary/aromatic N) is 2. The van der Waals surface area contributed by atoms with Crippen molar-refractivity contribution in [2.24, 2.45) is 4.99 Å². The summed E-state index contributed by atoms with van der Waals surface area (Å²) < 4.78 is 10.6. The zero-order chi connectivity index (χ0) is 25.8. The number of carbonyl (C=O) groups is 3. The topological polar surface area (TPSA) is 154 Å². The molecule has 2 N–H and O–H groups in total. The molecule has 0 saturated carbocycles. The minimum absolute atomic E-state index is 0.0266. The number of amides is 1. The van der Waals surface area contributed by atoms with Gasteiger partial charge in [0.05, 0.1) is 36.6 Å². The van der Waals surface area contributed by atoms with Crippen molar-refractivity contribution in [3.63, 3.8) is 0 Å². The van der Waals surface area contributed by atoms with Crippen LogP contribution in [0.15, 0.2) is 70.2 Å². The molecule has 10 nitrogen and oxygen atoms in total. The zero-order valence-corrected chi connectivity index (χ0v) is 19.3. The summed E-state index contributed by atoms with van der Waals surface area (Å²) in [6, 6.07) is 13.3. The molecular formula is C26H20N3O7-. The lowest BCUT2D eigenvalue weighted by molar-refractivity contribution is -0.255. The molecular weight excluding hydrogens is 466 g/mol. The first-order valence-corrected chi connectivity index (χ1v) is 10.7. The molecule has 4 rings (SSSR count). The van der Waals surface area contributed by atoms with E-state index in [-0.39, 0.29) is 29.0 Å². The standard InChI is InChI=1S/C26H21N3O7/c1-14-22-20(17(13-30)12-27-14)11-21(23(31)28-18-8-6-15(7-9-18)26(34)35-2)24(36-22)29-19-5-3-4-16(10-19)25(32)33/h3-12,30H,13H2,1-2H3,(H,28,31)(H,32,33)/p-1. The Kier molecular flexibility index (Phi) is 6.88. The maximum absolute atomic E-state index is 13.3. The van der Waals surface area contributed by atoms with E-state index in [9.17, 15) is 24.6 Å². The SMILES string of the molecule is COC(=O)c1ccc(NC(=O)c2cc3c(CO)cnc(C)c3oc2=Nc2cccc(C(=O)[O-])c2)cc1. The summed E-state index contributed by atoms with van der Waals surface area (Å²) in [5.74, 6) is -2.47. The second kappa shape index (κ2) is 10.2. The number of carboxylic acids is 1. The van der Waals surface area contributed by atoms with Crippen molar-refractivity contribution in [1.82, 2.24) is 4.98 Å². The van der Waals surface area contributed by atoms with Crippen LogP contribution in [0.3, 0.4) is 0 Å². The van der Waals surface area contributed by atoms with Gasteiger partial charge in [0.25, 0.3) is 5.91 Å². The molecule has 0 aliphatic heterocycles. The number of rotatable bonds is 6. The summed E-state index contributed by atoms with van der Waals surface area (Å²) in [6.45, 7) is 1.37. The number of hydrogen-bond acceptors (Lipinski definition) is 9. The first-order valence-electron chi connectivity index (χ1n) is 10.7. The molecule has 4 aromatic rings. The van der Waals surface area contributed by atoms with E-state index in [1.165, 1.54) is 61.8 Å². The highest BCUT2D eigenvalue weighted by Crippen LogP contribution is 2.22. The largest absolute Gasteiger partial charge is 0.545 e. The third-order valence-electron chi connectivity index (χ3n) is 5.34. The molecule has 36 heavy (non-hydrogen) atoms. The number of benzene rings is 2. The van der Waals surface area contributed by atoms with E-state index in [1.54, 1.807) is 13.0 Å². The van der Waals surface area contributed by atoms with Gasteiger partial charge in [0.1, 0.15) is 5.56 Å². The Morgan fingerprint density at radius 1 is 1.11 bits per heavy atom. The number of methoxy groups -OCH3 is 1. The van der Waals surface area contributed by atoms with Gasteiger partial charge in [-0.05, 0) is 55.0 Å². The third-order valence-corrected chi connectivity index (χ3v) is 5.34. The molecule has 2 aromatic heterocycles. The van der Waals surface area contributed by atoms with Crippen molar-refractivity contribution >= 4 is 40.2 Å². The molecule has 0 atom stereocenters. The Bertz CT molecular complexity index is 1560. The summed E-state index contributed by atoms with van der Waals surface area (Å²) >= 11 is 0. The Labute approximate surface area is 204 Å². The number of ether oxygens (including phenoxy) is 1. The lowest BCUT2D eigenvalue weighted by atomic mass is 10.1. The smallest absolute Gasteiger partial charge is 0.337 e. The number of nitrogens with one attached hydrogen (secondary N) is 1. The van der Waals surface area contributed by atoms with Gasteiger partial charge in [0, 0.05) is 22.8 Å². The van der Waals surface area contributed by atoms with Crippen LogP contribution in [0.25, 0.3) is 11.0 Å². The van der Waals surface area contributed by atoms with Gasteiger partial charge in [-0.1, -0.05) is 12.1 Å². The summed E-state index contributed by atoms with van der Waals surface area (Å²) in [5.41, 5.74) is 2.04. The van der Waals surface area contributed by atoms with Gasteiger partial charge in [0.15, 0.2) is 5.58 Å². The van der Waals surface area contributed by atoms with Crippen molar-refractivity contribution in [2.45, 2.75) is 13.5 Å². The van der Waals surface area contributed by atoms with Gasteiger partial charge in [-0.3, -0.25) is 9.78 Å². The van der Waals surface area contributed by atoms with E-state index in [4.69, 9.17) is 4.42 Å². The molecule has 0 radical (unpaired) electrons. The van der Waals surface area contributed by atoms with E-state index in [2.05, 4.69) is 20.0 Å². The molecule has 0 bridgehead atoms. The van der Waals surface area contributed by atoms with Gasteiger partial charge < -0.3 is 29.5 Å². The second-order valence-corrected chi connectivity index (χ2v) is 7.71. The Morgan fingerprint density at radius 3 is 2.53 bits per heavy atom. The summed E-state index contributed by atoms with van der Waals surface area (Å²) in [4.78, 5) is 44.8. The predicted octanol–water partition coefficient (Wildman–Crippen LogP) is 2.26. The second-order valence-electron chi connectivity index (χ2n) is 7.71. The van der Waals surface area contributed by atoms with E-state index in [0.29, 0.717) is 33.5 Å². The zero-order valence-electron chi connectivity index (χ0n) is 19.3. The third kappa shape index (κ3) is 4.98. The number of aliphatic hydroxyl groups is 1. The number of aromatic carboxylic acids is 1. The van der Waals surface area contributed by atoms with Crippen LogP contribution in [0, 0.1) is 6.92 Å². The van der Waals surface area contributed by atoms with E-state index in [0.717, 1.165) is 0 Å². The fourth-order valence-electron chi connectivity index (χ4n) is 3.49. The van der Waals surface area contributed by atoms with Crippen LogP contribution >= 0.6 is 0 Å². The van der Waals surface area contributed by atoms with Crippen LogP contribution in [0.2, 0.25) is 0 Å². The quantitative estimate of drug-likeness (QED) is 0.393. The highest BCUT2D eigenvalue weighted by Gasteiger charge is 2.17. The number of aromatic nitrogens is 1. The highest BCUT2D eigenvalue weighted by molar-refractivity contribution is 6.06. The monoisotopic (exact) mass is 486 g/mol. The van der Waals surface area contributed by atoms with Crippen molar-refractivity contribution in [3.05, 3.63) is 94.3 Å². The molecule has 0 fully saturated rings. The first-order chi connectivity index (χ1) is 17.3. The maximum Gasteiger partial charge on any atom is 0.337 e. The molecule has 0 unspecified atom stereocenters. The summed E-state index contributed by atoms with van der Waals surface area (Å²) in [6.07, 6.45) is 1.49. The Hall–Kier alpha value is -4.83. The maximum atomic E-state index is 13.3. The van der Waals surface area contributed by atoms with Crippen molar-refractivity contribution in [2.75, 3.05) is 12.4 Å². The van der Waals surface area contributed by atoms with Gasteiger partial charge in [-0.25, -0.2) is 9.79 Å². The average Bonchev–Trinajstić information content (AvgIpc) is 2.89. The van der Waals surface area contributed by atoms with Crippen molar-refractivity contribution < 1.29 is 33.8 Å².